The molecule has 7 heteroatoms. The number of nitrogens with zero attached hydrogens (tertiary/aromatic N) is 2. The smallest absolute Gasteiger partial charge is 0.283 e. The van der Waals surface area contributed by atoms with E-state index in [0.29, 0.717) is 25.4 Å². The summed E-state index contributed by atoms with van der Waals surface area (Å²) in [5, 5.41) is 0. The van der Waals surface area contributed by atoms with Crippen LogP contribution in [0, 0.1) is 11.7 Å². The number of rotatable bonds is 4. The van der Waals surface area contributed by atoms with E-state index in [9.17, 15) is 4.39 Å². The fourth-order valence-electron chi connectivity index (χ4n) is 3.67. The van der Waals surface area contributed by atoms with E-state index in [2.05, 4.69) is 9.98 Å². The Morgan fingerprint density at radius 2 is 2.15 bits per heavy atom. The molecule has 26 heavy (non-hydrogen) atoms. The summed E-state index contributed by atoms with van der Waals surface area (Å²) in [5.74, 6) is 0.432. The lowest BCUT2D eigenvalue weighted by atomic mass is 9.75. The molecule has 4 rings (SSSR count). The first kappa shape index (κ1) is 16.8. The van der Waals surface area contributed by atoms with Crippen LogP contribution in [-0.2, 0) is 15.0 Å². The zero-order chi connectivity index (χ0) is 18.1. The van der Waals surface area contributed by atoms with Crippen molar-refractivity contribution >= 4 is 6.02 Å². The van der Waals surface area contributed by atoms with Crippen LogP contribution in [0.5, 0.6) is 5.75 Å². The third-order valence-corrected chi connectivity index (χ3v) is 5.02. The predicted molar refractivity (Wildman–Crippen MR) is 94.4 cm³/mol. The van der Waals surface area contributed by atoms with E-state index in [0.717, 1.165) is 23.3 Å². The molecule has 1 spiro atoms. The van der Waals surface area contributed by atoms with E-state index in [1.54, 1.807) is 13.3 Å². The number of fused-ring (bicyclic) bond motifs is 2. The predicted octanol–water partition coefficient (Wildman–Crippen LogP) is 2.47. The molecule has 0 saturated carbocycles. The number of aromatic nitrogens is 1. The van der Waals surface area contributed by atoms with Crippen molar-refractivity contribution in [2.45, 2.75) is 12.0 Å². The van der Waals surface area contributed by atoms with Gasteiger partial charge in [0.1, 0.15) is 23.7 Å². The van der Waals surface area contributed by atoms with Gasteiger partial charge in [-0.3, -0.25) is 4.98 Å². The first-order valence-corrected chi connectivity index (χ1v) is 8.48. The summed E-state index contributed by atoms with van der Waals surface area (Å²) in [4.78, 5) is 8.59. The van der Waals surface area contributed by atoms with E-state index in [4.69, 9.17) is 19.9 Å². The lowest BCUT2D eigenvalue weighted by Gasteiger charge is -2.39. The van der Waals surface area contributed by atoms with Gasteiger partial charge >= 0.3 is 0 Å². The summed E-state index contributed by atoms with van der Waals surface area (Å²) >= 11 is 0. The highest BCUT2D eigenvalue weighted by Crippen LogP contribution is 2.48. The van der Waals surface area contributed by atoms with E-state index in [1.807, 2.05) is 18.2 Å². The van der Waals surface area contributed by atoms with Gasteiger partial charge in [0.15, 0.2) is 0 Å². The van der Waals surface area contributed by atoms with Gasteiger partial charge in [0.2, 0.25) is 0 Å². The van der Waals surface area contributed by atoms with Gasteiger partial charge in [-0.1, -0.05) is 6.07 Å². The van der Waals surface area contributed by atoms with Crippen molar-refractivity contribution in [2.75, 3.05) is 26.9 Å². The van der Waals surface area contributed by atoms with Crippen molar-refractivity contribution in [3.63, 3.8) is 0 Å². The minimum absolute atomic E-state index is 0.0666. The quantitative estimate of drug-likeness (QED) is 0.909. The van der Waals surface area contributed by atoms with Gasteiger partial charge in [0.25, 0.3) is 6.02 Å². The average molecular weight is 357 g/mol. The van der Waals surface area contributed by atoms with Crippen LogP contribution in [0.4, 0.5) is 4.39 Å². The van der Waals surface area contributed by atoms with Gasteiger partial charge in [0, 0.05) is 37.0 Å². The molecule has 2 aliphatic rings. The van der Waals surface area contributed by atoms with Crippen molar-refractivity contribution in [3.05, 3.63) is 48.0 Å². The average Bonchev–Trinajstić information content (AvgIpc) is 3.03. The minimum Gasteiger partial charge on any atom is -0.493 e. The highest BCUT2D eigenvalue weighted by atomic mass is 19.1. The fraction of sp³-hybridized carbons (Fsp3) is 0.368. The summed E-state index contributed by atoms with van der Waals surface area (Å²) in [6.07, 6.45) is 3.58. The lowest BCUT2D eigenvalue weighted by Crippen LogP contribution is -2.43. The molecule has 0 fully saturated rings. The molecule has 2 aliphatic heterocycles. The number of aliphatic imine (C=N–C) groups is 1. The first-order chi connectivity index (χ1) is 12.6. The minimum atomic E-state index is -0.618. The molecule has 2 unspecified atom stereocenters. The maximum absolute atomic E-state index is 13.6. The van der Waals surface area contributed by atoms with Gasteiger partial charge in [-0.25, -0.2) is 9.38 Å². The van der Waals surface area contributed by atoms with E-state index in [-0.39, 0.29) is 17.8 Å². The van der Waals surface area contributed by atoms with Crippen LogP contribution >= 0.6 is 0 Å². The van der Waals surface area contributed by atoms with E-state index >= 15 is 0 Å². The molecule has 1 aromatic carbocycles. The van der Waals surface area contributed by atoms with Crippen molar-refractivity contribution < 1.29 is 18.6 Å². The standard InChI is InChI=1S/C19H20FN3O3/c1-24-5-4-14-10-25-17-3-2-12(13-6-15(20)9-22-8-13)7-16(17)19(14)11-26-18(21)23-19/h2-3,6-9,14H,4-5,10-11H2,1H3,(H2,21,23). The molecule has 0 aliphatic carbocycles. The number of amidine groups is 1. The normalized spacial score (nSPS) is 23.9. The van der Waals surface area contributed by atoms with Crippen LogP contribution < -0.4 is 10.5 Å². The highest BCUT2D eigenvalue weighted by Gasteiger charge is 2.49. The topological polar surface area (TPSA) is 79.0 Å². The number of hydrogen-bond donors (Lipinski definition) is 1. The number of methoxy groups -OCH3 is 1. The third-order valence-electron chi connectivity index (χ3n) is 5.02. The third kappa shape index (κ3) is 2.78. The summed E-state index contributed by atoms with van der Waals surface area (Å²) in [6.45, 7) is 1.46. The molecule has 2 N–H and O–H groups in total. The van der Waals surface area contributed by atoms with Crippen LogP contribution in [0.1, 0.15) is 12.0 Å². The van der Waals surface area contributed by atoms with Crippen molar-refractivity contribution in [3.8, 4) is 16.9 Å². The van der Waals surface area contributed by atoms with Crippen LogP contribution in [0.25, 0.3) is 11.1 Å². The Hall–Kier alpha value is -2.67. The molecule has 2 aromatic rings. The largest absolute Gasteiger partial charge is 0.493 e. The van der Waals surface area contributed by atoms with Crippen LogP contribution in [-0.4, -0.2) is 37.9 Å². The van der Waals surface area contributed by atoms with Crippen molar-refractivity contribution in [2.24, 2.45) is 16.6 Å². The molecule has 1 aromatic heterocycles. The highest BCUT2D eigenvalue weighted by molar-refractivity contribution is 5.75. The molecule has 6 nitrogen and oxygen atoms in total. The zero-order valence-corrected chi connectivity index (χ0v) is 14.4. The first-order valence-electron chi connectivity index (χ1n) is 8.48. The van der Waals surface area contributed by atoms with Gasteiger partial charge in [-0.2, -0.15) is 0 Å². The second-order valence-corrected chi connectivity index (χ2v) is 6.56. The Kier molecular flexibility index (Phi) is 4.24. The van der Waals surface area contributed by atoms with Gasteiger partial charge in [-0.15, -0.1) is 0 Å². The van der Waals surface area contributed by atoms with Gasteiger partial charge in [0.05, 0.1) is 12.8 Å². The Morgan fingerprint density at radius 1 is 1.27 bits per heavy atom. The Morgan fingerprint density at radius 3 is 2.88 bits per heavy atom. The van der Waals surface area contributed by atoms with Gasteiger partial charge in [-0.05, 0) is 30.2 Å². The number of ether oxygens (including phenoxy) is 3. The monoisotopic (exact) mass is 357 g/mol. The SMILES string of the molecule is COCCC1COc2ccc(-c3cncc(F)c3)cc2C12COC(N)=N2. The summed E-state index contributed by atoms with van der Waals surface area (Å²) in [7, 11) is 1.67. The van der Waals surface area contributed by atoms with Crippen LogP contribution in [0.3, 0.4) is 0 Å². The summed E-state index contributed by atoms with van der Waals surface area (Å²) in [5.41, 5.74) is 7.66. The zero-order valence-electron chi connectivity index (χ0n) is 14.4. The van der Waals surface area contributed by atoms with Gasteiger partial charge < -0.3 is 19.9 Å². The Bertz CT molecular complexity index is 858. The molecule has 136 valence electrons. The van der Waals surface area contributed by atoms with Crippen LogP contribution in [0.15, 0.2) is 41.7 Å². The number of hydrogen-bond acceptors (Lipinski definition) is 6. The second-order valence-electron chi connectivity index (χ2n) is 6.56. The van der Waals surface area contributed by atoms with Crippen molar-refractivity contribution in [1.29, 1.82) is 0 Å². The second kappa shape index (κ2) is 6.57. The maximum atomic E-state index is 13.6. The molecule has 0 bridgehead atoms. The fourth-order valence-corrected chi connectivity index (χ4v) is 3.67. The Labute approximate surface area is 150 Å². The summed E-state index contributed by atoms with van der Waals surface area (Å²) in [6, 6.07) is 7.37. The molecule has 0 amide bonds. The number of nitrogens with two attached hydrogens (primary N) is 1. The van der Waals surface area contributed by atoms with Crippen LogP contribution in [0.2, 0.25) is 0 Å². The molecular formula is C19H20FN3O3. The molecule has 3 heterocycles. The molecule has 2 atom stereocenters. The van der Waals surface area contributed by atoms with E-state index < -0.39 is 5.54 Å². The number of benzene rings is 1. The molecular weight excluding hydrogens is 337 g/mol. The van der Waals surface area contributed by atoms with Crippen molar-refractivity contribution in [1.82, 2.24) is 4.98 Å². The maximum Gasteiger partial charge on any atom is 0.283 e. The number of halogens is 1. The lowest BCUT2D eigenvalue weighted by molar-refractivity contribution is 0.0739. The van der Waals surface area contributed by atoms with E-state index in [1.165, 1.54) is 12.3 Å². The Balaban J connectivity index is 1.81. The summed E-state index contributed by atoms with van der Waals surface area (Å²) < 4.78 is 30.3. The number of pyridine rings is 1. The molecule has 0 saturated heterocycles. The molecule has 0 radical (unpaired) electrons.